The van der Waals surface area contributed by atoms with Crippen LogP contribution in [0.3, 0.4) is 0 Å². The van der Waals surface area contributed by atoms with Gasteiger partial charge < -0.3 is 11.1 Å². The Hall–Kier alpha value is -1.17. The molecule has 1 aliphatic rings. The molecule has 4 nitrogen and oxygen atoms in total. The van der Waals surface area contributed by atoms with Crippen molar-refractivity contribution < 1.29 is 4.79 Å². The second kappa shape index (κ2) is 7.40. The summed E-state index contributed by atoms with van der Waals surface area (Å²) in [5, 5.41) is 4.71. The average Bonchev–Trinajstić information content (AvgIpc) is 2.46. The normalized spacial score (nSPS) is 18.0. The number of nitrogens with one attached hydrogen (secondary N) is 1. The first-order valence-electron chi connectivity index (χ1n) is 6.87. The van der Waals surface area contributed by atoms with Crippen molar-refractivity contribution in [2.45, 2.75) is 26.3 Å². The molecule has 1 aromatic rings. The summed E-state index contributed by atoms with van der Waals surface area (Å²) < 4.78 is 0. The zero-order chi connectivity index (χ0) is 16.3. The van der Waals surface area contributed by atoms with Gasteiger partial charge in [0.05, 0.1) is 15.6 Å². The molecule has 1 aliphatic heterocycles. The molecule has 0 saturated carbocycles. The third kappa shape index (κ3) is 3.59. The second-order valence-electron chi connectivity index (χ2n) is 4.86. The van der Waals surface area contributed by atoms with E-state index in [1.165, 1.54) is 0 Å². The molecule has 1 atom stereocenters. The zero-order valence-electron chi connectivity index (χ0n) is 12.3. The number of nitrogens with two attached hydrogens (primary N) is 1. The van der Waals surface area contributed by atoms with E-state index < -0.39 is 11.9 Å². The van der Waals surface area contributed by atoms with Gasteiger partial charge in [-0.25, -0.2) is 4.99 Å². The van der Waals surface area contributed by atoms with Gasteiger partial charge in [0, 0.05) is 17.0 Å². The number of hydrogen-bond acceptors (Lipinski definition) is 4. The van der Waals surface area contributed by atoms with Crippen LogP contribution in [-0.4, -0.2) is 16.8 Å². The first kappa shape index (κ1) is 17.2. The van der Waals surface area contributed by atoms with Crippen LogP contribution in [-0.2, 0) is 4.79 Å². The lowest BCUT2D eigenvalue weighted by atomic mass is 9.96. The summed E-state index contributed by atoms with van der Waals surface area (Å²) in [5.41, 5.74) is 7.31. The molecule has 118 valence electrons. The molecule has 0 aliphatic carbocycles. The largest absolute Gasteiger partial charge is 0.366 e. The van der Waals surface area contributed by atoms with Crippen LogP contribution in [0.25, 0.3) is 0 Å². The second-order valence-corrected chi connectivity index (χ2v) is 6.73. The van der Waals surface area contributed by atoms with Gasteiger partial charge in [0.15, 0.2) is 5.17 Å². The first-order chi connectivity index (χ1) is 10.5. The van der Waals surface area contributed by atoms with Crippen LogP contribution < -0.4 is 11.1 Å². The Kier molecular flexibility index (Phi) is 5.78. The fourth-order valence-electron chi connectivity index (χ4n) is 2.20. The molecular weight excluding hydrogens is 341 g/mol. The number of halogens is 2. The van der Waals surface area contributed by atoms with Crippen LogP contribution in [0.4, 0.5) is 0 Å². The summed E-state index contributed by atoms with van der Waals surface area (Å²) in [7, 11) is 0. The van der Waals surface area contributed by atoms with Gasteiger partial charge in [0.1, 0.15) is 6.04 Å². The number of hydrogen-bond donors (Lipinski definition) is 2. The minimum Gasteiger partial charge on any atom is -0.366 e. The Bertz CT molecular complexity index is 658. The Labute approximate surface area is 144 Å². The lowest BCUT2D eigenvalue weighted by Crippen LogP contribution is -2.32. The minimum absolute atomic E-state index is 0.395. The predicted molar refractivity (Wildman–Crippen MR) is 94.4 cm³/mol. The van der Waals surface area contributed by atoms with Crippen LogP contribution in [0.2, 0.25) is 10.0 Å². The highest BCUT2D eigenvalue weighted by Gasteiger charge is 2.29. The Morgan fingerprint density at radius 1 is 1.45 bits per heavy atom. The maximum Gasteiger partial charge on any atom is 0.248 e. The predicted octanol–water partition coefficient (Wildman–Crippen LogP) is 3.90. The van der Waals surface area contributed by atoms with Crippen molar-refractivity contribution in [2.75, 3.05) is 5.75 Å². The van der Waals surface area contributed by atoms with E-state index in [-0.39, 0.29) is 0 Å². The van der Waals surface area contributed by atoms with Gasteiger partial charge in [-0.15, -0.1) is 0 Å². The lowest BCUT2D eigenvalue weighted by Gasteiger charge is -2.26. The van der Waals surface area contributed by atoms with Crippen molar-refractivity contribution in [3.63, 3.8) is 0 Å². The smallest absolute Gasteiger partial charge is 0.248 e. The Balaban J connectivity index is 2.49. The molecule has 22 heavy (non-hydrogen) atoms. The van der Waals surface area contributed by atoms with Gasteiger partial charge in [-0.3, -0.25) is 4.79 Å². The molecule has 3 N–H and O–H groups in total. The van der Waals surface area contributed by atoms with Crippen molar-refractivity contribution in [1.29, 1.82) is 0 Å². The number of thioether (sulfide) groups is 1. The fourth-order valence-corrected chi connectivity index (χ4v) is 3.41. The summed E-state index contributed by atoms with van der Waals surface area (Å²) in [5.74, 6) is 0.412. The molecule has 0 radical (unpaired) electrons. The van der Waals surface area contributed by atoms with E-state index in [9.17, 15) is 4.79 Å². The highest BCUT2D eigenvalue weighted by molar-refractivity contribution is 8.13. The third-order valence-electron chi connectivity index (χ3n) is 3.20. The molecule has 0 spiro atoms. The number of carbonyl (C=O) groups excluding carboxylic acids is 1. The first-order valence-corrected chi connectivity index (χ1v) is 8.62. The van der Waals surface area contributed by atoms with E-state index in [0.717, 1.165) is 17.3 Å². The van der Waals surface area contributed by atoms with E-state index >= 15 is 0 Å². The summed E-state index contributed by atoms with van der Waals surface area (Å²) >= 11 is 14.0. The van der Waals surface area contributed by atoms with Gasteiger partial charge in [0.25, 0.3) is 0 Å². The van der Waals surface area contributed by atoms with Crippen LogP contribution in [0.1, 0.15) is 31.9 Å². The van der Waals surface area contributed by atoms with Crippen LogP contribution in [0.15, 0.2) is 34.5 Å². The van der Waals surface area contributed by atoms with Crippen LogP contribution in [0.5, 0.6) is 0 Å². The Morgan fingerprint density at radius 2 is 2.18 bits per heavy atom. The average molecular weight is 358 g/mol. The molecule has 0 saturated heterocycles. The van der Waals surface area contributed by atoms with Crippen molar-refractivity contribution in [1.82, 2.24) is 5.32 Å². The number of carbonyl (C=O) groups is 1. The summed E-state index contributed by atoms with van der Waals surface area (Å²) in [6.45, 7) is 3.91. The number of benzene rings is 1. The maximum atomic E-state index is 11.8. The molecule has 2 rings (SSSR count). The lowest BCUT2D eigenvalue weighted by molar-refractivity contribution is -0.114. The number of allylic oxidation sites excluding steroid dienone is 1. The topological polar surface area (TPSA) is 67.5 Å². The molecule has 1 heterocycles. The van der Waals surface area contributed by atoms with Gasteiger partial charge >= 0.3 is 0 Å². The van der Waals surface area contributed by atoms with E-state index in [1.807, 2.05) is 13.0 Å². The van der Waals surface area contributed by atoms with Crippen molar-refractivity contribution in [2.24, 2.45) is 10.7 Å². The summed E-state index contributed by atoms with van der Waals surface area (Å²) in [6, 6.07) is 4.76. The summed E-state index contributed by atoms with van der Waals surface area (Å²) in [6.07, 6.45) is 1.03. The van der Waals surface area contributed by atoms with Gasteiger partial charge in [-0.1, -0.05) is 54.0 Å². The molecule has 0 bridgehead atoms. The third-order valence-corrected chi connectivity index (χ3v) is 5.13. The van der Waals surface area contributed by atoms with Gasteiger partial charge in [-0.05, 0) is 19.4 Å². The highest BCUT2D eigenvalue weighted by Crippen LogP contribution is 2.38. The quantitative estimate of drug-likeness (QED) is 0.858. The standard InChI is InChI=1S/C15H17Cl2N3OS/c1-3-7-22-15-19-8(2)11(14(18)21)13(20-15)9-5-4-6-10(16)12(9)17/h4-6,13H,3,7H2,1-2H3,(H2,18,21)(H,19,20)/t13-/m1/s1. The van der Waals surface area contributed by atoms with E-state index in [2.05, 4.69) is 17.2 Å². The van der Waals surface area contributed by atoms with E-state index in [1.54, 1.807) is 23.9 Å². The number of amidine groups is 1. The molecule has 0 unspecified atom stereocenters. The molecule has 0 aromatic heterocycles. The monoisotopic (exact) mass is 357 g/mol. The molecule has 1 amide bonds. The zero-order valence-corrected chi connectivity index (χ0v) is 14.6. The SMILES string of the molecule is CCCSC1=N[C@H](c2cccc(Cl)c2Cl)C(C(N)=O)=C(C)N1. The summed E-state index contributed by atoms with van der Waals surface area (Å²) in [4.78, 5) is 16.4. The van der Waals surface area contributed by atoms with Gasteiger partial charge in [-0.2, -0.15) is 0 Å². The molecule has 7 heteroatoms. The maximum absolute atomic E-state index is 11.8. The molecule has 1 aromatic carbocycles. The number of rotatable bonds is 4. The number of nitrogens with zero attached hydrogens (tertiary/aromatic N) is 1. The van der Waals surface area contributed by atoms with E-state index in [0.29, 0.717) is 26.9 Å². The van der Waals surface area contributed by atoms with Gasteiger partial charge in [0.2, 0.25) is 5.91 Å². The number of amides is 1. The number of aliphatic imine (C=N–C) groups is 1. The minimum atomic E-state index is -0.538. The van der Waals surface area contributed by atoms with E-state index in [4.69, 9.17) is 28.9 Å². The number of primary amides is 1. The highest BCUT2D eigenvalue weighted by atomic mass is 35.5. The van der Waals surface area contributed by atoms with Crippen LogP contribution in [0, 0.1) is 0 Å². The van der Waals surface area contributed by atoms with Crippen LogP contribution >= 0.6 is 35.0 Å². The van der Waals surface area contributed by atoms with Crippen molar-refractivity contribution >= 4 is 46.0 Å². The molecular formula is C15H17Cl2N3OS. The fraction of sp³-hybridized carbons (Fsp3) is 0.333. The Morgan fingerprint density at radius 3 is 2.82 bits per heavy atom. The van der Waals surface area contributed by atoms with Crippen molar-refractivity contribution in [3.8, 4) is 0 Å². The molecule has 0 fully saturated rings. The van der Waals surface area contributed by atoms with Crippen molar-refractivity contribution in [3.05, 3.63) is 45.1 Å².